The van der Waals surface area contributed by atoms with Crippen molar-refractivity contribution in [1.82, 2.24) is 10.6 Å². The molecule has 0 bridgehead atoms. The summed E-state index contributed by atoms with van der Waals surface area (Å²) in [6.07, 6.45) is -1.32. The Balaban J connectivity index is 2.07. The third kappa shape index (κ3) is 7.84. The molecule has 198 valence electrons. The molecule has 0 spiro atoms. The summed E-state index contributed by atoms with van der Waals surface area (Å²) in [5.74, 6) is -1.64. The Hall–Kier alpha value is -4.32. The lowest BCUT2D eigenvalue weighted by Gasteiger charge is -2.27. The second-order valence-corrected chi connectivity index (χ2v) is 7.82. The Labute approximate surface area is 211 Å². The number of alkyl halides is 3. The lowest BCUT2D eigenvalue weighted by atomic mass is 10.0. The first kappa shape index (κ1) is 28.9. The lowest BCUT2D eigenvalue weighted by Crippen LogP contribution is -2.59. The van der Waals surface area contributed by atoms with E-state index in [1.54, 1.807) is 12.1 Å². The monoisotopic (exact) mass is 520 g/mol. The number of nitrogens with zero attached hydrogens (tertiary/aromatic N) is 1. The van der Waals surface area contributed by atoms with Gasteiger partial charge in [0.25, 0.3) is 5.91 Å². The van der Waals surface area contributed by atoms with Gasteiger partial charge in [0.05, 0.1) is 19.3 Å². The summed E-state index contributed by atoms with van der Waals surface area (Å²) in [6.45, 7) is 3.99. The van der Waals surface area contributed by atoms with E-state index in [0.717, 1.165) is 24.5 Å². The summed E-state index contributed by atoms with van der Waals surface area (Å²) in [5, 5.41) is 14.7. The van der Waals surface area contributed by atoms with Gasteiger partial charge in [0, 0.05) is 25.2 Å². The lowest BCUT2D eigenvalue weighted by molar-refractivity contribution is -0.138. The Bertz CT molecular complexity index is 1180. The molecular formula is C25H27F3N4O5. The van der Waals surface area contributed by atoms with Crippen LogP contribution in [0, 0.1) is 0 Å². The molecule has 0 aliphatic heterocycles. The zero-order valence-electron chi connectivity index (χ0n) is 20.1. The molecule has 9 nitrogen and oxygen atoms in total. The highest BCUT2D eigenvalue weighted by molar-refractivity contribution is 6.13. The second kappa shape index (κ2) is 12.6. The van der Waals surface area contributed by atoms with Gasteiger partial charge in [-0.05, 0) is 42.8 Å². The number of rotatable bonds is 11. The van der Waals surface area contributed by atoms with Gasteiger partial charge < -0.3 is 30.9 Å². The van der Waals surface area contributed by atoms with E-state index in [4.69, 9.17) is 15.2 Å². The summed E-state index contributed by atoms with van der Waals surface area (Å²) >= 11 is 0. The predicted octanol–water partition coefficient (Wildman–Crippen LogP) is 3.05. The molecule has 1 atom stereocenters. The number of hydrogen-bond donors (Lipinski definition) is 4. The van der Waals surface area contributed by atoms with E-state index < -0.39 is 41.4 Å². The van der Waals surface area contributed by atoms with Gasteiger partial charge in [-0.2, -0.15) is 13.2 Å². The maximum absolute atomic E-state index is 13.4. The maximum atomic E-state index is 13.4. The molecular weight excluding hydrogens is 493 g/mol. The number of aliphatic hydroxyl groups is 1. The molecule has 5 N–H and O–H groups in total. The van der Waals surface area contributed by atoms with Crippen LogP contribution < -0.4 is 25.8 Å². The molecule has 2 aromatic rings. The van der Waals surface area contributed by atoms with Gasteiger partial charge in [-0.1, -0.05) is 18.7 Å². The van der Waals surface area contributed by atoms with Crippen molar-refractivity contribution in [1.29, 1.82) is 0 Å². The number of aliphatic imine (C=N–C) groups is 1. The van der Waals surface area contributed by atoms with Crippen LogP contribution in [0.3, 0.4) is 0 Å². The molecule has 2 amide bonds. The van der Waals surface area contributed by atoms with Crippen LogP contribution in [-0.2, 0) is 22.3 Å². The van der Waals surface area contributed by atoms with E-state index >= 15 is 0 Å². The van der Waals surface area contributed by atoms with Gasteiger partial charge in [0.1, 0.15) is 28.4 Å². The topological polar surface area (TPSA) is 135 Å². The molecule has 0 saturated heterocycles. The van der Waals surface area contributed by atoms with Crippen molar-refractivity contribution >= 4 is 18.0 Å². The fourth-order valence-electron chi connectivity index (χ4n) is 2.93. The molecule has 0 unspecified atom stereocenters. The first-order chi connectivity index (χ1) is 17.5. The molecule has 0 radical (unpaired) electrons. The van der Waals surface area contributed by atoms with Crippen molar-refractivity contribution in [3.63, 3.8) is 0 Å². The largest absolute Gasteiger partial charge is 0.497 e. The molecule has 12 heteroatoms. The van der Waals surface area contributed by atoms with Gasteiger partial charge in [0.15, 0.2) is 0 Å². The Morgan fingerprint density at radius 1 is 1.16 bits per heavy atom. The van der Waals surface area contributed by atoms with Crippen molar-refractivity contribution in [3.05, 3.63) is 78.1 Å². The quantitative estimate of drug-likeness (QED) is 0.266. The molecule has 0 aliphatic carbocycles. The number of benzene rings is 2. The number of amides is 2. The third-order valence-electron chi connectivity index (χ3n) is 5.06. The van der Waals surface area contributed by atoms with Gasteiger partial charge in [-0.15, -0.1) is 0 Å². The first-order valence-electron chi connectivity index (χ1n) is 10.8. The summed E-state index contributed by atoms with van der Waals surface area (Å²) in [7, 11) is 1.26. The van der Waals surface area contributed by atoms with Crippen LogP contribution in [0.2, 0.25) is 0 Å². The number of ether oxygens (including phenoxy) is 2. The van der Waals surface area contributed by atoms with E-state index in [1.807, 2.05) is 0 Å². The standard InChI is InChI=1S/C25H27F3N4O5/c1-4-30-14-17(12-29)22(34)32-24(2,15-33)23(35)31-13-16-5-7-18(8-6-16)37-21-10-9-19(36-3)11-20(21)25(26,27)28/h4-12,14,33H,1,13,15,29H2,2-3H3,(H,31,35)(H,32,34)/b17-12+,30-14?/t24-/m0/s1. The zero-order chi connectivity index (χ0) is 27.6. The molecule has 0 aromatic heterocycles. The highest BCUT2D eigenvalue weighted by Crippen LogP contribution is 2.40. The minimum absolute atomic E-state index is 0.00157. The third-order valence-corrected chi connectivity index (χ3v) is 5.06. The molecule has 0 heterocycles. The average molecular weight is 521 g/mol. The van der Waals surface area contributed by atoms with Crippen LogP contribution >= 0.6 is 0 Å². The number of hydrogen-bond acceptors (Lipinski definition) is 7. The number of nitrogens with one attached hydrogen (secondary N) is 2. The van der Waals surface area contributed by atoms with Crippen molar-refractivity contribution in [2.45, 2.75) is 25.2 Å². The van der Waals surface area contributed by atoms with Crippen LogP contribution in [0.1, 0.15) is 18.1 Å². The van der Waals surface area contributed by atoms with Crippen LogP contribution in [0.5, 0.6) is 17.2 Å². The highest BCUT2D eigenvalue weighted by Gasteiger charge is 2.36. The van der Waals surface area contributed by atoms with E-state index in [0.29, 0.717) is 5.56 Å². The molecule has 0 saturated carbocycles. The van der Waals surface area contributed by atoms with E-state index in [1.165, 1.54) is 38.4 Å². The normalized spacial score (nSPS) is 13.5. The smallest absolute Gasteiger partial charge is 0.420 e. The summed E-state index contributed by atoms with van der Waals surface area (Å²) in [6, 6.07) is 9.32. The zero-order valence-corrected chi connectivity index (χ0v) is 20.1. The van der Waals surface area contributed by atoms with Crippen molar-refractivity contribution in [3.8, 4) is 17.2 Å². The minimum atomic E-state index is -4.65. The number of carbonyl (C=O) groups excluding carboxylic acids is 2. The number of halogens is 3. The summed E-state index contributed by atoms with van der Waals surface area (Å²) < 4.78 is 50.5. The Morgan fingerprint density at radius 2 is 1.81 bits per heavy atom. The summed E-state index contributed by atoms with van der Waals surface area (Å²) in [5.41, 5.74) is 3.27. The van der Waals surface area contributed by atoms with Crippen LogP contribution in [0.15, 0.2) is 72.0 Å². The summed E-state index contributed by atoms with van der Waals surface area (Å²) in [4.78, 5) is 28.8. The number of aliphatic hydroxyl groups excluding tert-OH is 1. The van der Waals surface area contributed by atoms with Gasteiger partial charge in [-0.3, -0.25) is 14.6 Å². The number of carbonyl (C=O) groups is 2. The van der Waals surface area contributed by atoms with Crippen LogP contribution in [0.4, 0.5) is 13.2 Å². The van der Waals surface area contributed by atoms with Crippen LogP contribution in [-0.4, -0.2) is 42.4 Å². The fraction of sp³-hybridized carbons (Fsp3) is 0.240. The van der Waals surface area contributed by atoms with Crippen molar-refractivity contribution in [2.75, 3.05) is 13.7 Å². The Morgan fingerprint density at radius 3 is 2.35 bits per heavy atom. The fourth-order valence-corrected chi connectivity index (χ4v) is 2.93. The molecule has 0 fully saturated rings. The molecule has 37 heavy (non-hydrogen) atoms. The van der Waals surface area contributed by atoms with Crippen LogP contribution in [0.25, 0.3) is 0 Å². The second-order valence-electron chi connectivity index (χ2n) is 7.82. The number of methoxy groups -OCH3 is 1. The average Bonchev–Trinajstić information content (AvgIpc) is 2.88. The van der Waals surface area contributed by atoms with Gasteiger partial charge in [-0.25, -0.2) is 0 Å². The molecule has 2 aromatic carbocycles. The molecule has 2 rings (SSSR count). The van der Waals surface area contributed by atoms with E-state index in [2.05, 4.69) is 22.2 Å². The van der Waals surface area contributed by atoms with Crippen molar-refractivity contribution in [2.24, 2.45) is 10.7 Å². The highest BCUT2D eigenvalue weighted by atomic mass is 19.4. The van der Waals surface area contributed by atoms with E-state index in [-0.39, 0.29) is 23.6 Å². The van der Waals surface area contributed by atoms with Crippen molar-refractivity contribution < 1.29 is 37.3 Å². The predicted molar refractivity (Wildman–Crippen MR) is 131 cm³/mol. The van der Waals surface area contributed by atoms with Gasteiger partial charge >= 0.3 is 6.18 Å². The minimum Gasteiger partial charge on any atom is -0.497 e. The maximum Gasteiger partial charge on any atom is 0.420 e. The molecule has 0 aliphatic rings. The SMILES string of the molecule is C=CN=C/C(=C\N)C(=O)N[C@@](C)(CO)C(=O)NCc1ccc(Oc2ccc(OC)cc2C(F)(F)F)cc1. The Kier molecular flexibility index (Phi) is 9.83. The van der Waals surface area contributed by atoms with E-state index in [9.17, 15) is 27.9 Å². The number of nitrogens with two attached hydrogens (primary N) is 1. The first-order valence-corrected chi connectivity index (χ1v) is 10.8. The van der Waals surface area contributed by atoms with Gasteiger partial charge in [0.2, 0.25) is 5.91 Å².